The number of esters is 1. The standard InChI is InChI=1S/C13H26O2/c1-7-9-13(6,10-12(3,4)5)11(14)15-8-2/h7-10H2,1-6H3. The molecule has 0 aliphatic heterocycles. The van der Waals surface area contributed by atoms with E-state index in [9.17, 15) is 4.79 Å². The molecule has 90 valence electrons. The van der Waals surface area contributed by atoms with Crippen LogP contribution in [-0.2, 0) is 9.53 Å². The highest BCUT2D eigenvalue weighted by atomic mass is 16.5. The maximum atomic E-state index is 11.9. The minimum atomic E-state index is -0.316. The second-order valence-corrected chi connectivity index (χ2v) is 5.77. The molecule has 0 fully saturated rings. The van der Waals surface area contributed by atoms with Crippen molar-refractivity contribution in [3.05, 3.63) is 0 Å². The van der Waals surface area contributed by atoms with Crippen molar-refractivity contribution in [3.63, 3.8) is 0 Å². The highest BCUT2D eigenvalue weighted by molar-refractivity contribution is 5.76. The van der Waals surface area contributed by atoms with Crippen molar-refractivity contribution in [1.82, 2.24) is 0 Å². The van der Waals surface area contributed by atoms with Gasteiger partial charge in [0.05, 0.1) is 12.0 Å². The Morgan fingerprint density at radius 2 is 1.67 bits per heavy atom. The summed E-state index contributed by atoms with van der Waals surface area (Å²) in [6.07, 6.45) is 2.81. The highest BCUT2D eigenvalue weighted by Gasteiger charge is 2.37. The van der Waals surface area contributed by atoms with Crippen LogP contribution in [0.25, 0.3) is 0 Å². The smallest absolute Gasteiger partial charge is 0.311 e. The summed E-state index contributed by atoms with van der Waals surface area (Å²) in [6.45, 7) is 13.0. The summed E-state index contributed by atoms with van der Waals surface area (Å²) < 4.78 is 5.17. The molecular weight excluding hydrogens is 188 g/mol. The van der Waals surface area contributed by atoms with Crippen LogP contribution in [0.5, 0.6) is 0 Å². The molecule has 0 heterocycles. The van der Waals surface area contributed by atoms with Gasteiger partial charge in [-0.2, -0.15) is 0 Å². The lowest BCUT2D eigenvalue weighted by molar-refractivity contribution is -0.156. The van der Waals surface area contributed by atoms with Gasteiger partial charge in [-0.05, 0) is 32.1 Å². The topological polar surface area (TPSA) is 26.3 Å². The molecule has 0 rings (SSSR count). The molecule has 0 amide bonds. The van der Waals surface area contributed by atoms with Crippen LogP contribution < -0.4 is 0 Å². The Balaban J connectivity index is 4.65. The van der Waals surface area contributed by atoms with Crippen LogP contribution in [0.1, 0.15) is 60.8 Å². The average Bonchev–Trinajstić information content (AvgIpc) is 2.01. The average molecular weight is 214 g/mol. The van der Waals surface area contributed by atoms with Gasteiger partial charge in [0.25, 0.3) is 0 Å². The molecular formula is C13H26O2. The first-order chi connectivity index (χ1) is 6.75. The molecule has 0 saturated carbocycles. The van der Waals surface area contributed by atoms with Gasteiger partial charge in [-0.15, -0.1) is 0 Å². The summed E-state index contributed by atoms with van der Waals surface area (Å²) in [5.41, 5.74) is -0.153. The first-order valence-corrected chi connectivity index (χ1v) is 5.92. The van der Waals surface area contributed by atoms with E-state index in [1.165, 1.54) is 0 Å². The lowest BCUT2D eigenvalue weighted by Gasteiger charge is -2.33. The third-order valence-corrected chi connectivity index (χ3v) is 2.49. The summed E-state index contributed by atoms with van der Waals surface area (Å²) in [5.74, 6) is -0.0400. The van der Waals surface area contributed by atoms with Crippen molar-refractivity contribution >= 4 is 5.97 Å². The van der Waals surface area contributed by atoms with E-state index >= 15 is 0 Å². The normalized spacial score (nSPS) is 15.9. The number of ether oxygens (including phenoxy) is 1. The van der Waals surface area contributed by atoms with E-state index in [0.717, 1.165) is 19.3 Å². The van der Waals surface area contributed by atoms with Crippen molar-refractivity contribution in [1.29, 1.82) is 0 Å². The van der Waals surface area contributed by atoms with E-state index in [4.69, 9.17) is 4.74 Å². The Hall–Kier alpha value is -0.530. The van der Waals surface area contributed by atoms with E-state index in [0.29, 0.717) is 6.61 Å². The van der Waals surface area contributed by atoms with Gasteiger partial charge in [-0.3, -0.25) is 4.79 Å². The predicted octanol–water partition coefficient (Wildman–Crippen LogP) is 3.79. The van der Waals surface area contributed by atoms with Crippen LogP contribution in [0.15, 0.2) is 0 Å². The van der Waals surface area contributed by atoms with E-state index in [1.54, 1.807) is 0 Å². The molecule has 0 aliphatic carbocycles. The molecule has 0 aliphatic rings. The molecule has 1 unspecified atom stereocenters. The third-order valence-electron chi connectivity index (χ3n) is 2.49. The van der Waals surface area contributed by atoms with Crippen molar-refractivity contribution in [2.24, 2.45) is 10.8 Å². The Kier molecular flexibility index (Phi) is 5.33. The summed E-state index contributed by atoms with van der Waals surface area (Å²) in [5, 5.41) is 0. The van der Waals surface area contributed by atoms with Gasteiger partial charge in [0.2, 0.25) is 0 Å². The van der Waals surface area contributed by atoms with Crippen LogP contribution in [0.3, 0.4) is 0 Å². The maximum absolute atomic E-state index is 11.9. The molecule has 15 heavy (non-hydrogen) atoms. The zero-order valence-corrected chi connectivity index (χ0v) is 11.1. The van der Waals surface area contributed by atoms with Crippen molar-refractivity contribution in [2.45, 2.75) is 60.8 Å². The Labute approximate surface area is 94.4 Å². The number of rotatable bonds is 5. The maximum Gasteiger partial charge on any atom is 0.311 e. The fraction of sp³-hybridized carbons (Fsp3) is 0.923. The van der Waals surface area contributed by atoms with Gasteiger partial charge in [0.1, 0.15) is 0 Å². The summed E-state index contributed by atoms with van der Waals surface area (Å²) in [4.78, 5) is 11.9. The molecule has 2 nitrogen and oxygen atoms in total. The first-order valence-electron chi connectivity index (χ1n) is 5.92. The van der Waals surface area contributed by atoms with E-state index in [-0.39, 0.29) is 16.8 Å². The van der Waals surface area contributed by atoms with Gasteiger partial charge < -0.3 is 4.74 Å². The van der Waals surface area contributed by atoms with Gasteiger partial charge in [0, 0.05) is 0 Å². The van der Waals surface area contributed by atoms with Gasteiger partial charge in [-0.25, -0.2) is 0 Å². The molecule has 0 bridgehead atoms. The second kappa shape index (κ2) is 5.53. The Morgan fingerprint density at radius 3 is 2.00 bits per heavy atom. The summed E-state index contributed by atoms with van der Waals surface area (Å²) in [6, 6.07) is 0. The first kappa shape index (κ1) is 14.5. The molecule has 2 heteroatoms. The minimum absolute atomic E-state index is 0.0400. The Morgan fingerprint density at radius 1 is 1.13 bits per heavy atom. The van der Waals surface area contributed by atoms with Crippen molar-refractivity contribution < 1.29 is 9.53 Å². The number of carbonyl (C=O) groups is 1. The molecule has 0 aromatic heterocycles. The molecule has 0 aromatic carbocycles. The van der Waals surface area contributed by atoms with Gasteiger partial charge in [-0.1, -0.05) is 34.1 Å². The molecule has 0 aromatic rings. The van der Waals surface area contributed by atoms with Crippen LogP contribution in [0, 0.1) is 10.8 Å². The third kappa shape index (κ3) is 5.19. The monoisotopic (exact) mass is 214 g/mol. The van der Waals surface area contributed by atoms with Crippen molar-refractivity contribution in [3.8, 4) is 0 Å². The fourth-order valence-electron chi connectivity index (χ4n) is 2.29. The summed E-state index contributed by atoms with van der Waals surface area (Å²) in [7, 11) is 0. The van der Waals surface area contributed by atoms with Crippen LogP contribution >= 0.6 is 0 Å². The Bertz CT molecular complexity index is 203. The number of hydrogen-bond donors (Lipinski definition) is 0. The van der Waals surface area contributed by atoms with Crippen LogP contribution in [0.2, 0.25) is 0 Å². The molecule has 0 radical (unpaired) electrons. The van der Waals surface area contributed by atoms with E-state index in [2.05, 4.69) is 27.7 Å². The fourth-order valence-corrected chi connectivity index (χ4v) is 2.29. The quantitative estimate of drug-likeness (QED) is 0.651. The SMILES string of the molecule is CCCC(C)(CC(C)(C)C)C(=O)OCC. The van der Waals surface area contributed by atoms with Crippen LogP contribution in [0.4, 0.5) is 0 Å². The molecule has 0 spiro atoms. The largest absolute Gasteiger partial charge is 0.466 e. The predicted molar refractivity (Wildman–Crippen MR) is 63.7 cm³/mol. The van der Waals surface area contributed by atoms with Crippen LogP contribution in [-0.4, -0.2) is 12.6 Å². The van der Waals surface area contributed by atoms with Gasteiger partial charge in [0.15, 0.2) is 0 Å². The summed E-state index contributed by atoms with van der Waals surface area (Å²) >= 11 is 0. The molecule has 0 saturated heterocycles. The number of carbonyl (C=O) groups excluding carboxylic acids is 1. The molecule has 0 N–H and O–H groups in total. The minimum Gasteiger partial charge on any atom is -0.466 e. The zero-order chi connectivity index (χ0) is 12.1. The van der Waals surface area contributed by atoms with E-state index < -0.39 is 0 Å². The van der Waals surface area contributed by atoms with E-state index in [1.807, 2.05) is 13.8 Å². The second-order valence-electron chi connectivity index (χ2n) is 5.77. The lowest BCUT2D eigenvalue weighted by Crippen LogP contribution is -2.34. The molecule has 1 atom stereocenters. The zero-order valence-electron chi connectivity index (χ0n) is 11.1. The lowest BCUT2D eigenvalue weighted by atomic mass is 9.72. The highest BCUT2D eigenvalue weighted by Crippen LogP contribution is 2.38. The van der Waals surface area contributed by atoms with Gasteiger partial charge >= 0.3 is 5.97 Å². The number of hydrogen-bond acceptors (Lipinski definition) is 2. The van der Waals surface area contributed by atoms with Crippen molar-refractivity contribution in [2.75, 3.05) is 6.61 Å².